The van der Waals surface area contributed by atoms with Crippen molar-refractivity contribution in [1.82, 2.24) is 4.31 Å². The lowest BCUT2D eigenvalue weighted by Gasteiger charge is -2.32. The maximum absolute atomic E-state index is 13.1. The van der Waals surface area contributed by atoms with Gasteiger partial charge in [0.05, 0.1) is 16.5 Å². The maximum atomic E-state index is 13.1. The first kappa shape index (κ1) is 15.3. The van der Waals surface area contributed by atoms with Gasteiger partial charge in [0.25, 0.3) is 0 Å². The van der Waals surface area contributed by atoms with Crippen molar-refractivity contribution in [2.24, 2.45) is 0 Å². The largest absolute Gasteiger partial charge is 0.381 e. The zero-order valence-corrected chi connectivity index (χ0v) is 12.9. The molecular weight excluding hydrogens is 305 g/mol. The Labute approximate surface area is 129 Å². The summed E-state index contributed by atoms with van der Waals surface area (Å²) in [5.41, 5.74) is 0.875. The summed E-state index contributed by atoms with van der Waals surface area (Å²) >= 11 is 0. The molecule has 0 aromatic heterocycles. The van der Waals surface area contributed by atoms with Crippen molar-refractivity contribution in [2.45, 2.75) is 37.0 Å². The topological polar surface area (TPSA) is 73.2 Å². The SMILES string of the molecule is N#Cc1cc(F)ccc1NC1CCN(S(=O)(=O)C2CC2)CC1. The van der Waals surface area contributed by atoms with E-state index in [9.17, 15) is 12.8 Å². The minimum Gasteiger partial charge on any atom is -0.381 e. The quantitative estimate of drug-likeness (QED) is 0.920. The summed E-state index contributed by atoms with van der Waals surface area (Å²) in [4.78, 5) is 0. The first-order chi connectivity index (χ1) is 10.5. The predicted molar refractivity (Wildman–Crippen MR) is 81.3 cm³/mol. The minimum atomic E-state index is -3.10. The molecule has 1 aromatic rings. The maximum Gasteiger partial charge on any atom is 0.216 e. The fourth-order valence-electron chi connectivity index (χ4n) is 2.79. The van der Waals surface area contributed by atoms with E-state index in [1.807, 2.05) is 6.07 Å². The molecule has 1 saturated carbocycles. The molecule has 1 aliphatic carbocycles. The van der Waals surface area contributed by atoms with Crippen molar-refractivity contribution >= 4 is 15.7 Å². The van der Waals surface area contributed by atoms with Crippen LogP contribution in [-0.2, 0) is 10.0 Å². The molecule has 1 heterocycles. The number of nitrogens with zero attached hydrogens (tertiary/aromatic N) is 2. The normalized spacial score (nSPS) is 20.5. The van der Waals surface area contributed by atoms with Gasteiger partial charge in [0, 0.05) is 19.1 Å². The molecule has 0 radical (unpaired) electrons. The van der Waals surface area contributed by atoms with Crippen molar-refractivity contribution in [3.05, 3.63) is 29.6 Å². The third kappa shape index (κ3) is 3.08. The van der Waals surface area contributed by atoms with Crippen LogP contribution < -0.4 is 5.32 Å². The number of benzene rings is 1. The van der Waals surface area contributed by atoms with Gasteiger partial charge < -0.3 is 5.32 Å². The Morgan fingerprint density at radius 2 is 1.91 bits per heavy atom. The summed E-state index contributed by atoms with van der Waals surface area (Å²) in [6.07, 6.45) is 2.94. The highest BCUT2D eigenvalue weighted by atomic mass is 32.2. The Kier molecular flexibility index (Phi) is 4.06. The van der Waals surface area contributed by atoms with Gasteiger partial charge in [0.1, 0.15) is 11.9 Å². The lowest BCUT2D eigenvalue weighted by molar-refractivity contribution is 0.329. The molecule has 22 heavy (non-hydrogen) atoms. The number of halogens is 1. The Bertz CT molecular complexity index is 702. The number of anilines is 1. The van der Waals surface area contributed by atoms with E-state index in [-0.39, 0.29) is 16.9 Å². The van der Waals surface area contributed by atoms with E-state index < -0.39 is 15.8 Å². The summed E-state index contributed by atoms with van der Waals surface area (Å²) in [6, 6.07) is 6.15. The van der Waals surface area contributed by atoms with Crippen LogP contribution >= 0.6 is 0 Å². The van der Waals surface area contributed by atoms with Crippen LogP contribution in [0.2, 0.25) is 0 Å². The minimum absolute atomic E-state index is 0.100. The van der Waals surface area contributed by atoms with E-state index >= 15 is 0 Å². The standard InChI is InChI=1S/C15H18FN3O2S/c16-12-1-4-15(11(9-12)10-17)18-13-5-7-19(8-6-13)22(20,21)14-2-3-14/h1,4,9,13-14,18H,2-3,5-8H2. The molecule has 0 unspecified atom stereocenters. The third-order valence-electron chi connectivity index (χ3n) is 4.22. The van der Waals surface area contributed by atoms with Crippen LogP contribution in [0.4, 0.5) is 10.1 Å². The van der Waals surface area contributed by atoms with E-state index in [1.165, 1.54) is 12.1 Å². The molecule has 3 rings (SSSR count). The number of piperidine rings is 1. The van der Waals surface area contributed by atoms with Gasteiger partial charge in [-0.05, 0) is 43.9 Å². The van der Waals surface area contributed by atoms with Gasteiger partial charge in [-0.25, -0.2) is 17.1 Å². The van der Waals surface area contributed by atoms with E-state index in [4.69, 9.17) is 5.26 Å². The Morgan fingerprint density at radius 3 is 2.50 bits per heavy atom. The van der Waals surface area contributed by atoms with Gasteiger partial charge in [-0.3, -0.25) is 0 Å². The lowest BCUT2D eigenvalue weighted by Crippen LogP contribution is -2.43. The highest BCUT2D eigenvalue weighted by Gasteiger charge is 2.41. The molecule has 0 atom stereocenters. The molecule has 0 bridgehead atoms. The smallest absolute Gasteiger partial charge is 0.216 e. The first-order valence-electron chi connectivity index (χ1n) is 7.46. The van der Waals surface area contributed by atoms with Gasteiger partial charge in [-0.1, -0.05) is 0 Å². The van der Waals surface area contributed by atoms with Crippen LogP contribution in [0.25, 0.3) is 0 Å². The van der Waals surface area contributed by atoms with Gasteiger partial charge in [-0.15, -0.1) is 0 Å². The van der Waals surface area contributed by atoms with Crippen LogP contribution in [0.15, 0.2) is 18.2 Å². The van der Waals surface area contributed by atoms with Crippen molar-refractivity contribution in [2.75, 3.05) is 18.4 Å². The Morgan fingerprint density at radius 1 is 1.23 bits per heavy atom. The van der Waals surface area contributed by atoms with Crippen LogP contribution in [0.3, 0.4) is 0 Å². The number of rotatable bonds is 4. The summed E-state index contributed by atoms with van der Waals surface area (Å²) in [7, 11) is -3.10. The molecule has 0 spiro atoms. The number of hydrogen-bond donors (Lipinski definition) is 1. The summed E-state index contributed by atoms with van der Waals surface area (Å²) < 4.78 is 39.0. The third-order valence-corrected chi connectivity index (χ3v) is 6.62. The van der Waals surface area contributed by atoms with Crippen molar-refractivity contribution in [1.29, 1.82) is 5.26 Å². The average molecular weight is 323 g/mol. The van der Waals surface area contributed by atoms with Crippen molar-refractivity contribution in [3.8, 4) is 6.07 Å². The number of sulfonamides is 1. The molecule has 1 aliphatic heterocycles. The lowest BCUT2D eigenvalue weighted by atomic mass is 10.1. The Hall–Kier alpha value is -1.65. The van der Waals surface area contributed by atoms with Crippen LogP contribution in [0.1, 0.15) is 31.2 Å². The summed E-state index contributed by atoms with van der Waals surface area (Å²) in [5.74, 6) is -0.438. The molecule has 2 aliphatic rings. The van der Waals surface area contributed by atoms with E-state index in [0.29, 0.717) is 31.6 Å². The van der Waals surface area contributed by atoms with Gasteiger partial charge >= 0.3 is 0 Å². The van der Waals surface area contributed by atoms with Gasteiger partial charge in [0.15, 0.2) is 0 Å². The molecule has 118 valence electrons. The van der Waals surface area contributed by atoms with E-state index in [0.717, 1.165) is 12.8 Å². The van der Waals surface area contributed by atoms with Gasteiger partial charge in [0.2, 0.25) is 10.0 Å². The molecule has 1 saturated heterocycles. The molecule has 1 aromatic carbocycles. The highest BCUT2D eigenvalue weighted by molar-refractivity contribution is 7.90. The summed E-state index contributed by atoms with van der Waals surface area (Å²) in [6.45, 7) is 0.999. The molecule has 0 amide bonds. The van der Waals surface area contributed by atoms with Crippen LogP contribution in [0.5, 0.6) is 0 Å². The monoisotopic (exact) mass is 323 g/mol. The van der Waals surface area contributed by atoms with Gasteiger partial charge in [-0.2, -0.15) is 5.26 Å². The number of nitriles is 1. The second-order valence-electron chi connectivity index (χ2n) is 5.86. The average Bonchev–Trinajstić information content (AvgIpc) is 3.35. The second-order valence-corrected chi connectivity index (χ2v) is 8.08. The fourth-order valence-corrected chi connectivity index (χ4v) is 4.66. The first-order valence-corrected chi connectivity index (χ1v) is 8.96. The number of nitrogens with one attached hydrogen (secondary N) is 1. The van der Waals surface area contributed by atoms with Crippen LogP contribution in [-0.4, -0.2) is 37.1 Å². The Balaban J connectivity index is 1.62. The predicted octanol–water partition coefficient (Wildman–Crippen LogP) is 2.07. The molecule has 7 heteroatoms. The zero-order chi connectivity index (χ0) is 15.7. The second kappa shape index (κ2) is 5.86. The molecular formula is C15H18FN3O2S. The summed E-state index contributed by atoms with van der Waals surface area (Å²) in [5, 5.41) is 12.1. The molecule has 5 nitrogen and oxygen atoms in total. The highest BCUT2D eigenvalue weighted by Crippen LogP contribution is 2.32. The fraction of sp³-hybridized carbons (Fsp3) is 0.533. The zero-order valence-electron chi connectivity index (χ0n) is 12.1. The van der Waals surface area contributed by atoms with E-state index in [1.54, 1.807) is 10.4 Å². The van der Waals surface area contributed by atoms with Crippen molar-refractivity contribution < 1.29 is 12.8 Å². The molecule has 1 N–H and O–H groups in total. The van der Waals surface area contributed by atoms with E-state index in [2.05, 4.69) is 5.32 Å². The van der Waals surface area contributed by atoms with Crippen molar-refractivity contribution in [3.63, 3.8) is 0 Å². The van der Waals surface area contributed by atoms with Crippen LogP contribution in [0, 0.1) is 17.1 Å². The molecule has 2 fully saturated rings. The number of hydrogen-bond acceptors (Lipinski definition) is 4.